The van der Waals surface area contributed by atoms with E-state index in [1.165, 1.54) is 6.07 Å². The molecule has 0 amide bonds. The standard InChI is InChI=1S/C12H10ClFN2O/c13-8-2-1-6-11(15)7-5-17-4-3-9(7)16-12(6)10(8)14/h1-2H,3-5H2,(H2,15,16). The molecule has 3 nitrogen and oxygen atoms in total. The van der Waals surface area contributed by atoms with Crippen LogP contribution in [0.1, 0.15) is 11.3 Å². The average Bonchev–Trinajstić information content (AvgIpc) is 2.35. The fraction of sp³-hybridized carbons (Fsp3) is 0.250. The Hall–Kier alpha value is -1.39. The minimum atomic E-state index is -0.509. The Kier molecular flexibility index (Phi) is 2.42. The summed E-state index contributed by atoms with van der Waals surface area (Å²) in [5.41, 5.74) is 8.49. The number of nitrogen functional groups attached to an aromatic ring is 1. The topological polar surface area (TPSA) is 48.1 Å². The summed E-state index contributed by atoms with van der Waals surface area (Å²) in [7, 11) is 0. The van der Waals surface area contributed by atoms with Gasteiger partial charge in [-0.1, -0.05) is 11.6 Å². The molecule has 1 aromatic heterocycles. The van der Waals surface area contributed by atoms with E-state index < -0.39 is 5.82 Å². The third-order valence-electron chi connectivity index (χ3n) is 3.01. The van der Waals surface area contributed by atoms with Crippen molar-refractivity contribution in [3.05, 3.63) is 34.2 Å². The van der Waals surface area contributed by atoms with Crippen LogP contribution in [-0.2, 0) is 17.8 Å². The van der Waals surface area contributed by atoms with Crippen LogP contribution in [0.2, 0.25) is 5.02 Å². The first-order chi connectivity index (χ1) is 8.18. The third-order valence-corrected chi connectivity index (χ3v) is 3.30. The van der Waals surface area contributed by atoms with Gasteiger partial charge < -0.3 is 10.5 Å². The van der Waals surface area contributed by atoms with Crippen LogP contribution in [0.15, 0.2) is 12.1 Å². The smallest absolute Gasteiger partial charge is 0.168 e. The zero-order valence-corrected chi connectivity index (χ0v) is 9.72. The van der Waals surface area contributed by atoms with Crippen LogP contribution >= 0.6 is 11.6 Å². The number of rotatable bonds is 0. The van der Waals surface area contributed by atoms with Crippen LogP contribution in [0, 0.1) is 5.82 Å². The average molecular weight is 253 g/mol. The number of nitrogens with zero attached hydrogens (tertiary/aromatic N) is 1. The van der Waals surface area contributed by atoms with Crippen molar-refractivity contribution < 1.29 is 9.13 Å². The Balaban J connectivity index is 2.40. The van der Waals surface area contributed by atoms with Crippen LogP contribution in [0.4, 0.5) is 10.1 Å². The Labute approximate surface area is 102 Å². The van der Waals surface area contributed by atoms with Crippen LogP contribution < -0.4 is 5.73 Å². The minimum Gasteiger partial charge on any atom is -0.398 e. The summed E-state index contributed by atoms with van der Waals surface area (Å²) in [4.78, 5) is 4.32. The molecule has 0 bridgehead atoms. The monoisotopic (exact) mass is 252 g/mol. The van der Waals surface area contributed by atoms with E-state index in [-0.39, 0.29) is 10.5 Å². The van der Waals surface area contributed by atoms with E-state index in [2.05, 4.69) is 4.98 Å². The Morgan fingerprint density at radius 3 is 3.06 bits per heavy atom. The molecule has 5 heteroatoms. The van der Waals surface area contributed by atoms with Crippen LogP contribution in [-0.4, -0.2) is 11.6 Å². The van der Waals surface area contributed by atoms with E-state index in [1.54, 1.807) is 6.07 Å². The van der Waals surface area contributed by atoms with E-state index in [1.807, 2.05) is 0 Å². The summed E-state index contributed by atoms with van der Waals surface area (Å²) >= 11 is 5.74. The van der Waals surface area contributed by atoms with Gasteiger partial charge in [0.15, 0.2) is 5.82 Å². The highest BCUT2D eigenvalue weighted by molar-refractivity contribution is 6.31. The molecule has 0 fully saturated rings. The van der Waals surface area contributed by atoms with Crippen molar-refractivity contribution in [1.82, 2.24) is 4.98 Å². The first-order valence-electron chi connectivity index (χ1n) is 5.31. The zero-order chi connectivity index (χ0) is 12.0. The van der Waals surface area contributed by atoms with Gasteiger partial charge in [0, 0.05) is 23.1 Å². The molecule has 1 aromatic carbocycles. The van der Waals surface area contributed by atoms with E-state index in [4.69, 9.17) is 22.1 Å². The number of fused-ring (bicyclic) bond motifs is 2. The number of hydrogen-bond acceptors (Lipinski definition) is 3. The van der Waals surface area contributed by atoms with Gasteiger partial charge in [0.05, 0.1) is 23.9 Å². The van der Waals surface area contributed by atoms with Gasteiger partial charge in [-0.2, -0.15) is 0 Å². The van der Waals surface area contributed by atoms with Crippen LogP contribution in [0.3, 0.4) is 0 Å². The lowest BCUT2D eigenvalue weighted by Crippen LogP contribution is -2.14. The third kappa shape index (κ3) is 1.56. The van der Waals surface area contributed by atoms with E-state index in [0.29, 0.717) is 30.7 Å². The second-order valence-corrected chi connectivity index (χ2v) is 4.42. The van der Waals surface area contributed by atoms with E-state index in [0.717, 1.165) is 11.3 Å². The van der Waals surface area contributed by atoms with Crippen molar-refractivity contribution in [2.24, 2.45) is 0 Å². The molecule has 0 atom stereocenters. The summed E-state index contributed by atoms with van der Waals surface area (Å²) in [5, 5.41) is 0.660. The van der Waals surface area contributed by atoms with Gasteiger partial charge in [0.2, 0.25) is 0 Å². The predicted octanol–water partition coefficient (Wildman–Crippen LogP) is 2.68. The summed E-state index contributed by atoms with van der Waals surface area (Å²) in [5.74, 6) is -0.509. The first-order valence-corrected chi connectivity index (χ1v) is 5.69. The highest BCUT2D eigenvalue weighted by atomic mass is 35.5. The lowest BCUT2D eigenvalue weighted by molar-refractivity contribution is 0.110. The molecular formula is C12H10ClFN2O. The van der Waals surface area contributed by atoms with Gasteiger partial charge >= 0.3 is 0 Å². The van der Waals surface area contributed by atoms with E-state index >= 15 is 0 Å². The number of hydrogen-bond donors (Lipinski definition) is 1. The molecule has 0 aliphatic carbocycles. The molecular weight excluding hydrogens is 243 g/mol. The number of benzene rings is 1. The molecule has 88 valence electrons. The number of ether oxygens (including phenoxy) is 1. The van der Waals surface area contributed by atoms with Gasteiger partial charge in [-0.3, -0.25) is 0 Å². The van der Waals surface area contributed by atoms with Crippen molar-refractivity contribution in [3.8, 4) is 0 Å². The summed E-state index contributed by atoms with van der Waals surface area (Å²) in [6, 6.07) is 3.19. The fourth-order valence-electron chi connectivity index (χ4n) is 2.10. The molecule has 0 saturated heterocycles. The highest BCUT2D eigenvalue weighted by Gasteiger charge is 2.19. The number of pyridine rings is 1. The first kappa shape index (κ1) is 10.7. The maximum absolute atomic E-state index is 13.9. The fourth-order valence-corrected chi connectivity index (χ4v) is 2.25. The quantitative estimate of drug-likeness (QED) is 0.784. The minimum absolute atomic E-state index is 0.0661. The number of aromatic nitrogens is 1. The van der Waals surface area contributed by atoms with Gasteiger partial charge in [0.1, 0.15) is 5.52 Å². The van der Waals surface area contributed by atoms with Gasteiger partial charge in [-0.05, 0) is 12.1 Å². The Morgan fingerprint density at radius 2 is 2.24 bits per heavy atom. The van der Waals surface area contributed by atoms with Crippen molar-refractivity contribution >= 4 is 28.2 Å². The molecule has 1 aliphatic heterocycles. The molecule has 2 aromatic rings. The lowest BCUT2D eigenvalue weighted by Gasteiger charge is -2.19. The number of nitrogens with two attached hydrogens (primary N) is 1. The van der Waals surface area contributed by atoms with Crippen molar-refractivity contribution in [2.45, 2.75) is 13.0 Å². The summed E-state index contributed by atoms with van der Waals surface area (Å²) < 4.78 is 19.2. The molecule has 1 aliphatic rings. The maximum Gasteiger partial charge on any atom is 0.168 e. The zero-order valence-electron chi connectivity index (χ0n) is 8.96. The number of anilines is 1. The largest absolute Gasteiger partial charge is 0.398 e. The second-order valence-electron chi connectivity index (χ2n) is 4.01. The van der Waals surface area contributed by atoms with Crippen molar-refractivity contribution in [2.75, 3.05) is 12.3 Å². The van der Waals surface area contributed by atoms with Gasteiger partial charge in [-0.25, -0.2) is 9.37 Å². The van der Waals surface area contributed by atoms with Gasteiger partial charge in [-0.15, -0.1) is 0 Å². The second kappa shape index (κ2) is 3.82. The van der Waals surface area contributed by atoms with Gasteiger partial charge in [0.25, 0.3) is 0 Å². The molecule has 0 saturated carbocycles. The SMILES string of the molecule is Nc1c2c(nc3c(F)c(Cl)ccc13)CCOC2. The summed E-state index contributed by atoms with van der Waals surface area (Å²) in [6.45, 7) is 1.03. The molecule has 2 N–H and O–H groups in total. The molecule has 3 rings (SSSR count). The molecule has 0 radical (unpaired) electrons. The van der Waals surface area contributed by atoms with Crippen molar-refractivity contribution in [1.29, 1.82) is 0 Å². The molecule has 0 spiro atoms. The predicted molar refractivity (Wildman–Crippen MR) is 64.5 cm³/mol. The lowest BCUT2D eigenvalue weighted by atomic mass is 10.0. The Bertz CT molecular complexity index is 615. The van der Waals surface area contributed by atoms with Crippen LogP contribution in [0.25, 0.3) is 10.9 Å². The number of halogens is 2. The highest BCUT2D eigenvalue weighted by Crippen LogP contribution is 2.32. The van der Waals surface area contributed by atoms with Crippen molar-refractivity contribution in [3.63, 3.8) is 0 Å². The molecule has 2 heterocycles. The Morgan fingerprint density at radius 1 is 1.41 bits per heavy atom. The molecule has 0 unspecified atom stereocenters. The summed E-state index contributed by atoms with van der Waals surface area (Å²) in [6.07, 6.45) is 0.654. The molecule has 17 heavy (non-hydrogen) atoms. The maximum atomic E-state index is 13.9. The normalized spacial score (nSPS) is 14.9. The van der Waals surface area contributed by atoms with E-state index in [9.17, 15) is 4.39 Å². The van der Waals surface area contributed by atoms with Crippen LogP contribution in [0.5, 0.6) is 0 Å².